The number of aliphatic hydroxyl groups is 1. The zero-order valence-electron chi connectivity index (χ0n) is 12.9. The Bertz CT molecular complexity index is 653. The van der Waals surface area contributed by atoms with Gasteiger partial charge in [-0.1, -0.05) is 42.5 Å². The molecule has 0 radical (unpaired) electrons. The SMILES string of the molecule is O=C(CCCc1ccc2ccccc2c1)N1CCC(CO)C1. The van der Waals surface area contributed by atoms with Gasteiger partial charge in [-0.2, -0.15) is 0 Å². The second-order valence-corrected chi connectivity index (χ2v) is 6.21. The van der Waals surface area contributed by atoms with Gasteiger partial charge in [-0.15, -0.1) is 0 Å². The monoisotopic (exact) mass is 297 g/mol. The molecule has 1 atom stereocenters. The van der Waals surface area contributed by atoms with E-state index in [1.54, 1.807) is 0 Å². The lowest BCUT2D eigenvalue weighted by molar-refractivity contribution is -0.130. The van der Waals surface area contributed by atoms with Crippen LogP contribution >= 0.6 is 0 Å². The molecule has 1 heterocycles. The molecule has 1 aliphatic rings. The van der Waals surface area contributed by atoms with Gasteiger partial charge in [-0.25, -0.2) is 0 Å². The van der Waals surface area contributed by atoms with E-state index in [-0.39, 0.29) is 18.4 Å². The number of amides is 1. The third kappa shape index (κ3) is 3.47. The molecule has 1 unspecified atom stereocenters. The highest BCUT2D eigenvalue weighted by molar-refractivity contribution is 5.83. The van der Waals surface area contributed by atoms with Crippen LogP contribution in [-0.4, -0.2) is 35.6 Å². The molecule has 1 amide bonds. The third-order valence-electron chi connectivity index (χ3n) is 4.57. The number of nitrogens with zero attached hydrogens (tertiary/aromatic N) is 1. The first-order valence-corrected chi connectivity index (χ1v) is 8.12. The smallest absolute Gasteiger partial charge is 0.222 e. The summed E-state index contributed by atoms with van der Waals surface area (Å²) in [5.74, 6) is 0.515. The van der Waals surface area contributed by atoms with Crippen molar-refractivity contribution in [2.24, 2.45) is 5.92 Å². The molecule has 0 saturated carbocycles. The summed E-state index contributed by atoms with van der Waals surface area (Å²) in [7, 11) is 0. The molecule has 0 aromatic heterocycles. The van der Waals surface area contributed by atoms with Crippen LogP contribution in [0.1, 0.15) is 24.8 Å². The molecule has 1 N–H and O–H groups in total. The molecule has 3 nitrogen and oxygen atoms in total. The van der Waals surface area contributed by atoms with Gasteiger partial charge in [0.15, 0.2) is 0 Å². The molecule has 22 heavy (non-hydrogen) atoms. The molecule has 2 aromatic carbocycles. The summed E-state index contributed by atoms with van der Waals surface area (Å²) in [5, 5.41) is 11.7. The molecule has 1 fully saturated rings. The number of likely N-dealkylation sites (tertiary alicyclic amines) is 1. The maximum atomic E-state index is 12.2. The lowest BCUT2D eigenvalue weighted by Crippen LogP contribution is -2.28. The summed E-state index contributed by atoms with van der Waals surface area (Å²) in [6.07, 6.45) is 3.36. The molecule has 3 heteroatoms. The van der Waals surface area contributed by atoms with Crippen LogP contribution in [-0.2, 0) is 11.2 Å². The van der Waals surface area contributed by atoms with Crippen LogP contribution in [0.15, 0.2) is 42.5 Å². The summed E-state index contributed by atoms with van der Waals surface area (Å²) in [4.78, 5) is 14.1. The van der Waals surface area contributed by atoms with E-state index in [9.17, 15) is 4.79 Å². The number of fused-ring (bicyclic) bond motifs is 1. The summed E-state index contributed by atoms with van der Waals surface area (Å²) in [6, 6.07) is 14.9. The topological polar surface area (TPSA) is 40.5 Å². The minimum absolute atomic E-state index is 0.195. The Kier molecular flexibility index (Phi) is 4.74. The lowest BCUT2D eigenvalue weighted by atomic mass is 10.0. The molecule has 2 aromatic rings. The van der Waals surface area contributed by atoms with E-state index in [2.05, 4.69) is 42.5 Å². The van der Waals surface area contributed by atoms with Crippen LogP contribution < -0.4 is 0 Å². The van der Waals surface area contributed by atoms with E-state index in [0.29, 0.717) is 6.42 Å². The van der Waals surface area contributed by atoms with Crippen LogP contribution in [0.5, 0.6) is 0 Å². The standard InChI is InChI=1S/C19H23NO2/c21-14-16-10-11-20(13-16)19(22)7-3-4-15-8-9-17-5-1-2-6-18(17)12-15/h1-2,5-6,8-9,12,16,21H,3-4,7,10-11,13-14H2. The Hall–Kier alpha value is -1.87. The van der Waals surface area contributed by atoms with Crippen molar-refractivity contribution in [2.75, 3.05) is 19.7 Å². The Labute approximate surface area is 131 Å². The number of hydrogen-bond donors (Lipinski definition) is 1. The van der Waals surface area contributed by atoms with E-state index in [1.165, 1.54) is 16.3 Å². The number of carbonyl (C=O) groups is 1. The Morgan fingerprint density at radius 1 is 1.18 bits per heavy atom. The number of rotatable bonds is 5. The first-order valence-electron chi connectivity index (χ1n) is 8.12. The Morgan fingerprint density at radius 2 is 2.00 bits per heavy atom. The number of carbonyl (C=O) groups excluding carboxylic acids is 1. The van der Waals surface area contributed by atoms with Crippen LogP contribution in [0.4, 0.5) is 0 Å². The number of benzene rings is 2. The quantitative estimate of drug-likeness (QED) is 0.921. The lowest BCUT2D eigenvalue weighted by Gasteiger charge is -2.16. The van der Waals surface area contributed by atoms with Gasteiger partial charge in [0.25, 0.3) is 0 Å². The predicted molar refractivity (Wildman–Crippen MR) is 88.7 cm³/mol. The van der Waals surface area contributed by atoms with Crippen LogP contribution in [0.2, 0.25) is 0 Å². The molecule has 0 spiro atoms. The van der Waals surface area contributed by atoms with Crippen molar-refractivity contribution in [2.45, 2.75) is 25.7 Å². The van der Waals surface area contributed by atoms with Gasteiger partial charge < -0.3 is 10.0 Å². The van der Waals surface area contributed by atoms with Gasteiger partial charge in [0.2, 0.25) is 5.91 Å². The van der Waals surface area contributed by atoms with E-state index < -0.39 is 0 Å². The van der Waals surface area contributed by atoms with Crippen molar-refractivity contribution in [1.29, 1.82) is 0 Å². The van der Waals surface area contributed by atoms with Gasteiger partial charge >= 0.3 is 0 Å². The molecular formula is C19H23NO2. The van der Waals surface area contributed by atoms with Crippen LogP contribution in [0.25, 0.3) is 10.8 Å². The fourth-order valence-corrected chi connectivity index (χ4v) is 3.20. The third-order valence-corrected chi connectivity index (χ3v) is 4.57. The van der Waals surface area contributed by atoms with Crippen molar-refractivity contribution in [1.82, 2.24) is 4.90 Å². The molecule has 1 saturated heterocycles. The average molecular weight is 297 g/mol. The number of aryl methyl sites for hydroxylation is 1. The predicted octanol–water partition coefficient (Wildman–Crippen LogP) is 3.00. The fraction of sp³-hybridized carbons (Fsp3) is 0.421. The largest absolute Gasteiger partial charge is 0.396 e. The second-order valence-electron chi connectivity index (χ2n) is 6.21. The fourth-order valence-electron chi connectivity index (χ4n) is 3.20. The maximum absolute atomic E-state index is 12.2. The highest BCUT2D eigenvalue weighted by atomic mass is 16.3. The van der Waals surface area contributed by atoms with Crippen LogP contribution in [0.3, 0.4) is 0 Å². The first-order chi connectivity index (χ1) is 10.8. The minimum atomic E-state index is 0.195. The van der Waals surface area contributed by atoms with Crippen molar-refractivity contribution in [3.05, 3.63) is 48.0 Å². The van der Waals surface area contributed by atoms with E-state index in [4.69, 9.17) is 5.11 Å². The molecular weight excluding hydrogens is 274 g/mol. The molecule has 116 valence electrons. The average Bonchev–Trinajstić information content (AvgIpc) is 3.04. The highest BCUT2D eigenvalue weighted by Crippen LogP contribution is 2.19. The van der Waals surface area contributed by atoms with Gasteiger partial charge in [0.05, 0.1) is 0 Å². The summed E-state index contributed by atoms with van der Waals surface area (Å²) in [6.45, 7) is 1.73. The Balaban J connectivity index is 1.50. The van der Waals surface area contributed by atoms with Crippen LogP contribution in [0, 0.1) is 5.92 Å². The van der Waals surface area contributed by atoms with Crippen molar-refractivity contribution in [3.63, 3.8) is 0 Å². The Morgan fingerprint density at radius 3 is 2.77 bits per heavy atom. The maximum Gasteiger partial charge on any atom is 0.222 e. The van der Waals surface area contributed by atoms with Gasteiger partial charge in [-0.05, 0) is 35.6 Å². The molecule has 0 bridgehead atoms. The molecule has 0 aliphatic carbocycles. The number of hydrogen-bond acceptors (Lipinski definition) is 2. The van der Waals surface area contributed by atoms with Crippen molar-refractivity contribution < 1.29 is 9.90 Å². The van der Waals surface area contributed by atoms with E-state index in [1.807, 2.05) is 4.90 Å². The summed E-state index contributed by atoms with van der Waals surface area (Å²) in [5.41, 5.74) is 1.29. The molecule has 3 rings (SSSR count). The van der Waals surface area contributed by atoms with E-state index in [0.717, 1.165) is 32.4 Å². The minimum Gasteiger partial charge on any atom is -0.396 e. The van der Waals surface area contributed by atoms with Gasteiger partial charge in [-0.3, -0.25) is 4.79 Å². The van der Waals surface area contributed by atoms with Gasteiger partial charge in [0.1, 0.15) is 0 Å². The number of aliphatic hydroxyl groups excluding tert-OH is 1. The van der Waals surface area contributed by atoms with E-state index >= 15 is 0 Å². The molecule has 1 aliphatic heterocycles. The summed E-state index contributed by atoms with van der Waals surface area (Å²) < 4.78 is 0. The first kappa shape index (κ1) is 15.0. The second kappa shape index (κ2) is 6.93. The summed E-state index contributed by atoms with van der Waals surface area (Å²) >= 11 is 0. The van der Waals surface area contributed by atoms with Crippen molar-refractivity contribution in [3.8, 4) is 0 Å². The normalized spacial score (nSPS) is 18.0. The van der Waals surface area contributed by atoms with Gasteiger partial charge in [0, 0.05) is 32.0 Å². The zero-order chi connectivity index (χ0) is 15.4. The zero-order valence-corrected chi connectivity index (χ0v) is 12.9. The highest BCUT2D eigenvalue weighted by Gasteiger charge is 2.24. The van der Waals surface area contributed by atoms with Crippen molar-refractivity contribution >= 4 is 16.7 Å².